The van der Waals surface area contributed by atoms with Crippen LogP contribution in [0.2, 0.25) is 0 Å². The highest BCUT2D eigenvalue weighted by molar-refractivity contribution is 7.90. The van der Waals surface area contributed by atoms with E-state index in [2.05, 4.69) is 46.2 Å². The molecule has 36 heavy (non-hydrogen) atoms. The van der Waals surface area contributed by atoms with Gasteiger partial charge in [-0.05, 0) is 46.7 Å². The summed E-state index contributed by atoms with van der Waals surface area (Å²) in [5.74, 6) is 0. The summed E-state index contributed by atoms with van der Waals surface area (Å²) >= 11 is 0. The lowest BCUT2D eigenvalue weighted by molar-refractivity contribution is 0.250. The highest BCUT2D eigenvalue weighted by Crippen LogP contribution is 2.31. The van der Waals surface area contributed by atoms with Crippen LogP contribution < -0.4 is 4.90 Å². The first-order valence-electron chi connectivity index (χ1n) is 12.0. The molecule has 1 aliphatic heterocycles. The molecule has 7 heteroatoms. The van der Waals surface area contributed by atoms with E-state index in [-0.39, 0.29) is 12.4 Å². The fourth-order valence-electron chi connectivity index (χ4n) is 5.04. The number of hydrogen-bond acceptors (Lipinski definition) is 4. The lowest BCUT2D eigenvalue weighted by Crippen LogP contribution is -2.46. The second-order valence-corrected chi connectivity index (χ2v) is 10.9. The monoisotopic (exact) mass is 517 g/mol. The summed E-state index contributed by atoms with van der Waals surface area (Å²) in [4.78, 5) is 5.15. The van der Waals surface area contributed by atoms with E-state index in [0.29, 0.717) is 10.4 Å². The van der Waals surface area contributed by atoms with Crippen molar-refractivity contribution in [3.8, 4) is 0 Å². The van der Waals surface area contributed by atoms with Gasteiger partial charge in [0.2, 0.25) is 0 Å². The molecule has 2 heterocycles. The Morgan fingerprint density at radius 3 is 2.19 bits per heavy atom. The second-order valence-electron chi connectivity index (χ2n) is 9.08. The van der Waals surface area contributed by atoms with E-state index >= 15 is 0 Å². The van der Waals surface area contributed by atoms with Gasteiger partial charge in [0, 0.05) is 50.0 Å². The lowest BCUT2D eigenvalue weighted by Gasteiger charge is -2.36. The number of rotatable bonds is 5. The molecule has 0 aliphatic carbocycles. The van der Waals surface area contributed by atoms with Crippen molar-refractivity contribution >= 4 is 49.8 Å². The van der Waals surface area contributed by atoms with Crippen molar-refractivity contribution < 1.29 is 8.42 Å². The quantitative estimate of drug-likeness (QED) is 0.296. The van der Waals surface area contributed by atoms with E-state index in [1.807, 2.05) is 48.5 Å². The number of benzene rings is 4. The maximum absolute atomic E-state index is 13.6. The Hall–Kier alpha value is -3.32. The van der Waals surface area contributed by atoms with Gasteiger partial charge >= 0.3 is 0 Å². The third-order valence-electron chi connectivity index (χ3n) is 6.91. The molecule has 0 atom stereocenters. The van der Waals surface area contributed by atoms with E-state index in [4.69, 9.17) is 0 Å². The molecule has 1 fully saturated rings. The van der Waals surface area contributed by atoms with Gasteiger partial charge in [-0.3, -0.25) is 4.90 Å². The third kappa shape index (κ3) is 4.48. The molecule has 0 amide bonds. The van der Waals surface area contributed by atoms with Crippen LogP contribution in [0, 0.1) is 0 Å². The number of piperazine rings is 1. The first-order valence-corrected chi connectivity index (χ1v) is 13.4. The van der Waals surface area contributed by atoms with Crippen LogP contribution in [-0.4, -0.2) is 43.5 Å². The molecule has 1 aliphatic rings. The van der Waals surface area contributed by atoms with Gasteiger partial charge in [0.1, 0.15) is 0 Å². The van der Waals surface area contributed by atoms with Crippen LogP contribution in [0.1, 0.15) is 5.56 Å². The Balaban J connectivity index is 0.00000267. The second kappa shape index (κ2) is 9.97. The molecule has 1 aromatic heterocycles. The van der Waals surface area contributed by atoms with Gasteiger partial charge in [0.25, 0.3) is 10.0 Å². The predicted octanol–water partition coefficient (Wildman–Crippen LogP) is 5.78. The molecule has 1 saturated heterocycles. The van der Waals surface area contributed by atoms with E-state index in [9.17, 15) is 8.42 Å². The topological polar surface area (TPSA) is 45.6 Å². The number of halogens is 1. The summed E-state index contributed by atoms with van der Waals surface area (Å²) in [6.45, 7) is 4.73. The van der Waals surface area contributed by atoms with Gasteiger partial charge in [-0.1, -0.05) is 66.7 Å². The summed E-state index contributed by atoms with van der Waals surface area (Å²) in [6, 6.07) is 31.6. The number of fused-ring (bicyclic) bond motifs is 2. The molecule has 0 bridgehead atoms. The Kier molecular flexibility index (Phi) is 6.75. The number of hydrogen-bond donors (Lipinski definition) is 0. The van der Waals surface area contributed by atoms with Crippen molar-refractivity contribution in [1.29, 1.82) is 0 Å². The lowest BCUT2D eigenvalue weighted by atomic mass is 10.1. The van der Waals surface area contributed by atoms with Crippen molar-refractivity contribution in [2.75, 3.05) is 31.1 Å². The van der Waals surface area contributed by atoms with Gasteiger partial charge in [-0.15, -0.1) is 12.4 Å². The maximum Gasteiger partial charge on any atom is 0.268 e. The number of anilines is 1. The van der Waals surface area contributed by atoms with Crippen molar-refractivity contribution in [3.05, 3.63) is 109 Å². The molecule has 5 aromatic rings. The average Bonchev–Trinajstić information content (AvgIpc) is 3.35. The normalized spacial score (nSPS) is 14.7. The van der Waals surface area contributed by atoms with Gasteiger partial charge < -0.3 is 4.90 Å². The summed E-state index contributed by atoms with van der Waals surface area (Å²) in [6.07, 6.45) is 1.68. The minimum Gasteiger partial charge on any atom is -0.368 e. The van der Waals surface area contributed by atoms with E-state index in [0.717, 1.165) is 54.6 Å². The number of nitrogens with zero attached hydrogens (tertiary/aromatic N) is 3. The summed E-state index contributed by atoms with van der Waals surface area (Å²) < 4.78 is 28.6. The molecule has 0 N–H and O–H groups in total. The molecule has 0 spiro atoms. The fraction of sp³-hybridized carbons (Fsp3) is 0.172. The summed E-state index contributed by atoms with van der Waals surface area (Å²) in [7, 11) is -3.71. The molecule has 184 valence electrons. The molecular formula is C29H28ClN3O2S. The predicted molar refractivity (Wildman–Crippen MR) is 150 cm³/mol. The zero-order chi connectivity index (χ0) is 23.8. The fourth-order valence-corrected chi connectivity index (χ4v) is 6.42. The average molecular weight is 518 g/mol. The smallest absolute Gasteiger partial charge is 0.268 e. The summed E-state index contributed by atoms with van der Waals surface area (Å²) in [5.41, 5.74) is 3.13. The van der Waals surface area contributed by atoms with Crippen molar-refractivity contribution in [2.45, 2.75) is 11.4 Å². The Labute approximate surface area is 218 Å². The highest BCUT2D eigenvalue weighted by Gasteiger charge is 2.23. The molecule has 0 saturated carbocycles. The molecule has 0 radical (unpaired) electrons. The third-order valence-corrected chi connectivity index (χ3v) is 8.60. The maximum atomic E-state index is 13.6. The molecular weight excluding hydrogens is 490 g/mol. The molecule has 0 unspecified atom stereocenters. The van der Waals surface area contributed by atoms with Crippen LogP contribution in [0.5, 0.6) is 0 Å². The SMILES string of the molecule is Cl.O=S(=O)(c1ccc2ccccc2c1)n1ccc2c(N3CCN(Cc4ccccc4)CC3)cccc21. The zero-order valence-corrected chi connectivity index (χ0v) is 21.5. The summed E-state index contributed by atoms with van der Waals surface area (Å²) in [5, 5.41) is 2.91. The van der Waals surface area contributed by atoms with Crippen LogP contribution in [0.3, 0.4) is 0 Å². The molecule has 5 nitrogen and oxygen atoms in total. The number of aromatic nitrogens is 1. The minimum atomic E-state index is -3.71. The van der Waals surface area contributed by atoms with Gasteiger partial charge in [0.05, 0.1) is 10.4 Å². The Morgan fingerprint density at radius 2 is 1.42 bits per heavy atom. The minimum absolute atomic E-state index is 0. The standard InChI is InChI=1S/C29H27N3O2S.ClH/c33-35(34,26-14-13-24-9-4-5-10-25(24)21-26)32-16-15-27-28(11-6-12-29(27)32)31-19-17-30(18-20-31)22-23-7-2-1-3-8-23;/h1-16,21H,17-20,22H2;1H. The molecule has 4 aromatic carbocycles. The van der Waals surface area contributed by atoms with Gasteiger partial charge in [0.15, 0.2) is 0 Å². The first kappa shape index (κ1) is 24.4. The van der Waals surface area contributed by atoms with Crippen LogP contribution >= 0.6 is 12.4 Å². The van der Waals surface area contributed by atoms with Gasteiger partial charge in [-0.25, -0.2) is 12.4 Å². The van der Waals surface area contributed by atoms with E-state index < -0.39 is 10.0 Å². The van der Waals surface area contributed by atoms with Crippen molar-refractivity contribution in [2.24, 2.45) is 0 Å². The van der Waals surface area contributed by atoms with Crippen LogP contribution in [0.25, 0.3) is 21.7 Å². The van der Waals surface area contributed by atoms with Gasteiger partial charge in [-0.2, -0.15) is 0 Å². The van der Waals surface area contributed by atoms with E-state index in [1.165, 1.54) is 9.54 Å². The van der Waals surface area contributed by atoms with Crippen molar-refractivity contribution in [3.63, 3.8) is 0 Å². The molecule has 6 rings (SSSR count). The van der Waals surface area contributed by atoms with Crippen LogP contribution in [-0.2, 0) is 16.6 Å². The first-order chi connectivity index (χ1) is 17.1. The van der Waals surface area contributed by atoms with Crippen LogP contribution in [0.4, 0.5) is 5.69 Å². The Morgan fingerprint density at radius 1 is 0.694 bits per heavy atom. The highest BCUT2D eigenvalue weighted by atomic mass is 35.5. The van der Waals surface area contributed by atoms with Crippen LogP contribution in [0.15, 0.2) is 108 Å². The zero-order valence-electron chi connectivity index (χ0n) is 19.8. The van der Waals surface area contributed by atoms with E-state index in [1.54, 1.807) is 18.3 Å². The Bertz CT molecular complexity index is 1610. The van der Waals surface area contributed by atoms with Crippen molar-refractivity contribution in [1.82, 2.24) is 8.87 Å². The largest absolute Gasteiger partial charge is 0.368 e.